The Bertz CT molecular complexity index is 1340. The van der Waals surface area contributed by atoms with Crippen molar-refractivity contribution in [3.8, 4) is 0 Å². The van der Waals surface area contributed by atoms with Gasteiger partial charge in [0, 0.05) is 21.7 Å². The lowest BCUT2D eigenvalue weighted by molar-refractivity contribution is -0.153. The maximum absolute atomic E-state index is 15.5. The number of aromatic nitrogens is 2. The normalized spacial score (nSPS) is 25.8. The van der Waals surface area contributed by atoms with Gasteiger partial charge in [-0.1, -0.05) is 0 Å². The first kappa shape index (κ1) is 22.4. The molecule has 0 radical (unpaired) electrons. The first-order valence-electron chi connectivity index (χ1n) is 10.9. The highest BCUT2D eigenvalue weighted by Crippen LogP contribution is 2.46. The average Bonchev–Trinajstić information content (AvgIpc) is 3.49. The lowest BCUT2D eigenvalue weighted by Gasteiger charge is -2.29. The third-order valence-electron chi connectivity index (χ3n) is 6.77. The van der Waals surface area contributed by atoms with E-state index in [1.54, 1.807) is 6.07 Å². The number of aryl methyl sites for hydroxylation is 1. The van der Waals surface area contributed by atoms with Crippen molar-refractivity contribution >= 4 is 23.2 Å². The van der Waals surface area contributed by atoms with Crippen LogP contribution in [0.4, 0.5) is 17.6 Å². The summed E-state index contributed by atoms with van der Waals surface area (Å²) >= 11 is 1.25. The standard InChI is InChI=1S/C22H23F4N3O3S/c1-32-18-16(13(23)7-12-17(18)29(9-5-6-9)21(31)28-20(12)30)15-8-11-10(19(27)22(24,25)26)3-2-4-14(11)33-15/h7-10,13,16,19H,2-6,27H2,1H3,(H,28,30,31). The van der Waals surface area contributed by atoms with Crippen LogP contribution in [-0.4, -0.2) is 35.1 Å². The Morgan fingerprint density at radius 2 is 2.00 bits per heavy atom. The number of thiophene rings is 1. The maximum atomic E-state index is 15.5. The lowest BCUT2D eigenvalue weighted by atomic mass is 9.81. The van der Waals surface area contributed by atoms with Gasteiger partial charge in [-0.05, 0) is 49.8 Å². The highest BCUT2D eigenvalue weighted by molar-refractivity contribution is 7.12. The van der Waals surface area contributed by atoms with Gasteiger partial charge < -0.3 is 10.5 Å². The van der Waals surface area contributed by atoms with Gasteiger partial charge >= 0.3 is 11.9 Å². The van der Waals surface area contributed by atoms with Crippen LogP contribution in [-0.2, 0) is 11.2 Å². The molecule has 0 amide bonds. The number of halogens is 4. The molecule has 3 aliphatic carbocycles. The van der Waals surface area contributed by atoms with E-state index in [-0.39, 0.29) is 22.4 Å². The van der Waals surface area contributed by atoms with E-state index in [2.05, 4.69) is 4.98 Å². The average molecular weight is 486 g/mol. The van der Waals surface area contributed by atoms with Gasteiger partial charge in [0.1, 0.15) is 18.0 Å². The van der Waals surface area contributed by atoms with Gasteiger partial charge in [0.05, 0.1) is 23.6 Å². The fourth-order valence-electron chi connectivity index (χ4n) is 5.07. The Kier molecular flexibility index (Phi) is 5.32. The summed E-state index contributed by atoms with van der Waals surface area (Å²) in [6, 6.07) is -0.496. The van der Waals surface area contributed by atoms with Gasteiger partial charge in [-0.2, -0.15) is 13.2 Å². The third-order valence-corrected chi connectivity index (χ3v) is 8.06. The Labute approximate surface area is 189 Å². The largest absolute Gasteiger partial charge is 0.498 e. The van der Waals surface area contributed by atoms with E-state index >= 15 is 4.39 Å². The molecule has 4 atom stereocenters. The van der Waals surface area contributed by atoms with Crippen LogP contribution in [0.5, 0.6) is 0 Å². The van der Waals surface area contributed by atoms with Crippen LogP contribution < -0.4 is 27.6 Å². The molecule has 11 heteroatoms. The van der Waals surface area contributed by atoms with Crippen molar-refractivity contribution in [1.82, 2.24) is 9.55 Å². The minimum Gasteiger partial charge on any atom is -0.498 e. The highest BCUT2D eigenvalue weighted by Gasteiger charge is 2.45. The maximum Gasteiger partial charge on any atom is 0.404 e. The molecule has 2 heterocycles. The number of ether oxygens (including phenoxy) is 1. The third kappa shape index (κ3) is 3.65. The molecular formula is C22H23F4N3O3S. The Hall–Kier alpha value is -2.40. The van der Waals surface area contributed by atoms with Crippen molar-refractivity contribution in [2.75, 3.05) is 7.11 Å². The monoisotopic (exact) mass is 485 g/mol. The smallest absolute Gasteiger partial charge is 0.404 e. The summed E-state index contributed by atoms with van der Waals surface area (Å²) in [6.07, 6.45) is -2.03. The molecule has 1 saturated carbocycles. The van der Waals surface area contributed by atoms with E-state index < -0.39 is 41.5 Å². The zero-order valence-corrected chi connectivity index (χ0v) is 18.6. The van der Waals surface area contributed by atoms with Crippen molar-refractivity contribution in [3.63, 3.8) is 0 Å². The number of hydrogen-bond acceptors (Lipinski definition) is 5. The second-order valence-corrected chi connectivity index (χ2v) is 10.0. The number of alkyl halides is 4. The Morgan fingerprint density at radius 1 is 1.27 bits per heavy atom. The van der Waals surface area contributed by atoms with Crippen molar-refractivity contribution in [2.45, 2.75) is 68.4 Å². The van der Waals surface area contributed by atoms with Crippen LogP contribution >= 0.6 is 11.3 Å². The molecule has 33 heavy (non-hydrogen) atoms. The Balaban J connectivity index is 1.69. The predicted octanol–water partition coefficient (Wildman–Crippen LogP) is 1.91. The molecule has 4 unspecified atom stereocenters. The van der Waals surface area contributed by atoms with E-state index in [0.717, 1.165) is 17.7 Å². The first-order chi connectivity index (χ1) is 15.6. The number of nitrogens with zero attached hydrogens (tertiary/aromatic N) is 1. The second kappa shape index (κ2) is 7.83. The summed E-state index contributed by atoms with van der Waals surface area (Å²) < 4.78 is 62.6. The first-order valence-corrected chi connectivity index (χ1v) is 11.7. The molecule has 2 aromatic rings. The van der Waals surface area contributed by atoms with Crippen LogP contribution in [0.2, 0.25) is 0 Å². The van der Waals surface area contributed by atoms with Crippen LogP contribution in [0.3, 0.4) is 0 Å². The van der Waals surface area contributed by atoms with Gasteiger partial charge in [-0.15, -0.1) is 11.3 Å². The van der Waals surface area contributed by atoms with Crippen molar-refractivity contribution < 1.29 is 22.3 Å². The summed E-state index contributed by atoms with van der Waals surface area (Å²) in [5, 5.41) is 0.294. The molecular weight excluding hydrogens is 462 g/mol. The molecule has 3 aliphatic rings. The highest BCUT2D eigenvalue weighted by atomic mass is 32.1. The number of aromatic amines is 1. The molecule has 0 spiro atoms. The number of H-pyrrole nitrogens is 1. The zero-order valence-electron chi connectivity index (χ0n) is 17.7. The minimum absolute atomic E-state index is 0.0420. The quantitative estimate of drug-likeness (QED) is 0.648. The second-order valence-electron chi connectivity index (χ2n) is 8.87. The molecule has 0 saturated heterocycles. The van der Waals surface area contributed by atoms with Gasteiger partial charge in [-0.3, -0.25) is 14.3 Å². The van der Waals surface area contributed by atoms with Crippen molar-refractivity contribution in [1.29, 1.82) is 0 Å². The molecule has 3 N–H and O–H groups in total. The number of nitrogens with two attached hydrogens (primary N) is 1. The van der Waals surface area contributed by atoms with Crippen LogP contribution in [0.1, 0.15) is 58.9 Å². The summed E-state index contributed by atoms with van der Waals surface area (Å²) in [7, 11) is 1.35. The van der Waals surface area contributed by atoms with Crippen LogP contribution in [0.25, 0.3) is 11.8 Å². The van der Waals surface area contributed by atoms with E-state index in [0.29, 0.717) is 29.7 Å². The molecule has 178 valence electrons. The number of methoxy groups -OCH3 is 1. The van der Waals surface area contributed by atoms with Gasteiger partial charge in [0.25, 0.3) is 5.56 Å². The minimum atomic E-state index is -4.53. The molecule has 0 aromatic carbocycles. The lowest BCUT2D eigenvalue weighted by Crippen LogP contribution is -2.57. The van der Waals surface area contributed by atoms with Crippen LogP contribution in [0.15, 0.2) is 15.7 Å². The summed E-state index contributed by atoms with van der Waals surface area (Å²) in [5.41, 5.74) is 4.79. The number of nitrogens with one attached hydrogen (secondary N) is 1. The topological polar surface area (TPSA) is 90.1 Å². The predicted molar refractivity (Wildman–Crippen MR) is 115 cm³/mol. The fourth-order valence-corrected chi connectivity index (χ4v) is 6.48. The molecule has 1 fully saturated rings. The van der Waals surface area contributed by atoms with E-state index in [1.807, 2.05) is 0 Å². The molecule has 2 aromatic heterocycles. The van der Waals surface area contributed by atoms with E-state index in [9.17, 15) is 22.8 Å². The molecule has 6 nitrogen and oxygen atoms in total. The number of rotatable bonds is 4. The number of fused-ring (bicyclic) bond motifs is 2. The van der Waals surface area contributed by atoms with E-state index in [4.69, 9.17) is 10.5 Å². The summed E-state index contributed by atoms with van der Waals surface area (Å²) in [5.74, 6) is -1.72. The molecule has 0 aliphatic heterocycles. The summed E-state index contributed by atoms with van der Waals surface area (Å²) in [4.78, 5) is 28.5. The number of hydrogen-bond donors (Lipinski definition) is 2. The van der Waals surface area contributed by atoms with E-state index in [1.165, 1.54) is 29.1 Å². The van der Waals surface area contributed by atoms with Gasteiger partial charge in [-0.25, -0.2) is 9.18 Å². The SMILES string of the molecule is COC1=c2c(c(=O)[nH]c(=O)n2C2CC2)=CC(F)C1c1cc2c(s1)CCCC2C(N)C(F)(F)F. The molecule has 0 bridgehead atoms. The molecule has 5 rings (SSSR count). The van der Waals surface area contributed by atoms with Crippen LogP contribution in [0, 0.1) is 0 Å². The van der Waals surface area contributed by atoms with Gasteiger partial charge in [0.2, 0.25) is 0 Å². The Morgan fingerprint density at radius 3 is 2.64 bits per heavy atom. The summed E-state index contributed by atoms with van der Waals surface area (Å²) in [6.45, 7) is 0. The fraction of sp³-hybridized carbons (Fsp3) is 0.545. The van der Waals surface area contributed by atoms with Crippen molar-refractivity contribution in [3.05, 3.63) is 52.8 Å². The van der Waals surface area contributed by atoms with Crippen molar-refractivity contribution in [2.24, 2.45) is 5.73 Å². The zero-order chi connectivity index (χ0) is 23.7. The van der Waals surface area contributed by atoms with Gasteiger partial charge in [0.15, 0.2) is 0 Å².